The second-order valence-electron chi connectivity index (χ2n) is 5.48. The smallest absolute Gasteiger partial charge is 0.141 e. The monoisotopic (exact) mass is 436 g/mol. The predicted octanol–water partition coefficient (Wildman–Crippen LogP) is 4.31. The first kappa shape index (κ1) is 19.9. The van der Waals surface area contributed by atoms with Gasteiger partial charge in [-0.05, 0) is 42.8 Å². The molecule has 2 aromatic rings. The van der Waals surface area contributed by atoms with Crippen LogP contribution in [-0.4, -0.2) is 22.3 Å². The van der Waals surface area contributed by atoms with E-state index >= 15 is 0 Å². The lowest BCUT2D eigenvalue weighted by Crippen LogP contribution is -2.15. The highest BCUT2D eigenvalue weighted by atomic mass is 79.9. The average Bonchev–Trinajstić information content (AvgIpc) is 2.57. The van der Waals surface area contributed by atoms with Gasteiger partial charge in [0.15, 0.2) is 0 Å². The Hall–Kier alpha value is -2.37. The molecule has 0 aliphatic carbocycles. The lowest BCUT2D eigenvalue weighted by atomic mass is 10.0. The van der Waals surface area contributed by atoms with Gasteiger partial charge in [-0.2, -0.15) is 5.26 Å². The molecule has 1 aromatic heterocycles. The second kappa shape index (κ2) is 8.34. The van der Waals surface area contributed by atoms with Crippen molar-refractivity contribution in [2.75, 3.05) is 17.7 Å². The van der Waals surface area contributed by atoms with Gasteiger partial charge in [-0.15, -0.1) is 0 Å². The number of anilines is 2. The maximum Gasteiger partial charge on any atom is 0.141 e. The van der Waals surface area contributed by atoms with E-state index in [0.29, 0.717) is 38.8 Å². The fraction of sp³-hybridized carbons (Fsp3) is 0.294. The number of hydrogen-bond donors (Lipinski definition) is 3. The summed E-state index contributed by atoms with van der Waals surface area (Å²) in [7, 11) is 0. The van der Waals surface area contributed by atoms with E-state index in [1.165, 1.54) is 6.33 Å². The SMILES string of the molecule is CCOc1c(C(C)Nc2ncnc(N)c2C(C)=N)cc(Cl)c(C#N)c1Br. The third kappa shape index (κ3) is 3.89. The summed E-state index contributed by atoms with van der Waals surface area (Å²) in [6.45, 7) is 5.80. The van der Waals surface area contributed by atoms with E-state index in [2.05, 4.69) is 37.3 Å². The second-order valence-corrected chi connectivity index (χ2v) is 6.68. The first-order chi connectivity index (χ1) is 12.3. The third-order valence-corrected chi connectivity index (χ3v) is 4.73. The van der Waals surface area contributed by atoms with Crippen LogP contribution in [0.4, 0.5) is 11.6 Å². The number of nitrogen functional groups attached to an aromatic ring is 1. The molecular weight excluding hydrogens is 420 g/mol. The van der Waals surface area contributed by atoms with Gasteiger partial charge in [0.25, 0.3) is 0 Å². The fourth-order valence-corrected chi connectivity index (χ4v) is 3.51. The van der Waals surface area contributed by atoms with Gasteiger partial charge in [-0.25, -0.2) is 9.97 Å². The summed E-state index contributed by atoms with van der Waals surface area (Å²) >= 11 is 9.65. The Morgan fingerprint density at radius 2 is 2.23 bits per heavy atom. The van der Waals surface area contributed by atoms with Crippen molar-refractivity contribution in [3.8, 4) is 11.8 Å². The highest BCUT2D eigenvalue weighted by Gasteiger charge is 2.22. The number of benzene rings is 1. The largest absolute Gasteiger partial charge is 0.492 e. The van der Waals surface area contributed by atoms with Crippen LogP contribution in [-0.2, 0) is 0 Å². The van der Waals surface area contributed by atoms with E-state index in [9.17, 15) is 5.26 Å². The first-order valence-corrected chi connectivity index (χ1v) is 8.96. The van der Waals surface area contributed by atoms with Crippen LogP contribution >= 0.6 is 27.5 Å². The van der Waals surface area contributed by atoms with E-state index in [-0.39, 0.29) is 17.6 Å². The van der Waals surface area contributed by atoms with Crippen molar-refractivity contribution in [3.63, 3.8) is 0 Å². The topological polar surface area (TPSA) is 121 Å². The minimum absolute atomic E-state index is 0.228. The Kier molecular flexibility index (Phi) is 6.40. The molecule has 136 valence electrons. The highest BCUT2D eigenvalue weighted by Crippen LogP contribution is 2.40. The van der Waals surface area contributed by atoms with Crippen molar-refractivity contribution < 1.29 is 4.74 Å². The minimum atomic E-state index is -0.287. The van der Waals surface area contributed by atoms with Gasteiger partial charge in [0.05, 0.1) is 33.3 Å². The van der Waals surface area contributed by atoms with Crippen molar-refractivity contribution in [1.82, 2.24) is 9.97 Å². The number of rotatable bonds is 6. The van der Waals surface area contributed by atoms with Gasteiger partial charge in [-0.3, -0.25) is 0 Å². The molecule has 1 aromatic carbocycles. The Bertz CT molecular complexity index is 896. The van der Waals surface area contributed by atoms with Crippen LogP contribution in [0.5, 0.6) is 5.75 Å². The summed E-state index contributed by atoms with van der Waals surface area (Å²) in [6.07, 6.45) is 1.34. The Morgan fingerprint density at radius 1 is 1.54 bits per heavy atom. The van der Waals surface area contributed by atoms with Gasteiger partial charge in [0.1, 0.15) is 29.8 Å². The van der Waals surface area contributed by atoms with E-state index < -0.39 is 0 Å². The molecule has 9 heteroatoms. The molecule has 0 spiro atoms. The molecule has 0 saturated carbocycles. The summed E-state index contributed by atoms with van der Waals surface area (Å²) in [5.41, 5.74) is 7.63. The van der Waals surface area contributed by atoms with Gasteiger partial charge < -0.3 is 21.2 Å². The summed E-state index contributed by atoms with van der Waals surface area (Å²) in [4.78, 5) is 8.14. The predicted molar refractivity (Wildman–Crippen MR) is 106 cm³/mol. The Morgan fingerprint density at radius 3 is 2.81 bits per heavy atom. The standard InChI is InChI=1S/C17H18BrClN6O/c1-4-26-15-10(5-12(19)11(6-20)14(15)18)9(3)25-17-13(8(2)21)16(22)23-7-24-17/h5,7,9,21H,4H2,1-3H3,(H3,22,23,24,25). The molecule has 0 aliphatic rings. The Labute approximate surface area is 165 Å². The molecule has 0 bridgehead atoms. The van der Waals surface area contributed by atoms with E-state index in [0.717, 1.165) is 5.56 Å². The van der Waals surface area contributed by atoms with Crippen LogP contribution in [0.3, 0.4) is 0 Å². The number of nitriles is 1. The van der Waals surface area contributed by atoms with Crippen LogP contribution in [0.25, 0.3) is 0 Å². The lowest BCUT2D eigenvalue weighted by Gasteiger charge is -2.22. The fourth-order valence-electron chi connectivity index (χ4n) is 2.50. The summed E-state index contributed by atoms with van der Waals surface area (Å²) in [6, 6.07) is 3.47. The number of nitrogens with two attached hydrogens (primary N) is 1. The molecular formula is C17H18BrClN6O. The van der Waals surface area contributed by atoms with Crippen LogP contribution < -0.4 is 15.8 Å². The molecule has 0 fully saturated rings. The lowest BCUT2D eigenvalue weighted by molar-refractivity contribution is 0.333. The maximum atomic E-state index is 9.29. The van der Waals surface area contributed by atoms with Gasteiger partial charge >= 0.3 is 0 Å². The van der Waals surface area contributed by atoms with Crippen molar-refractivity contribution in [2.45, 2.75) is 26.8 Å². The van der Waals surface area contributed by atoms with Gasteiger partial charge in [0, 0.05) is 11.3 Å². The Balaban J connectivity index is 2.52. The van der Waals surface area contributed by atoms with Crippen molar-refractivity contribution in [1.29, 1.82) is 10.7 Å². The number of aromatic nitrogens is 2. The number of halogens is 2. The summed E-state index contributed by atoms with van der Waals surface area (Å²) in [5.74, 6) is 1.20. The van der Waals surface area contributed by atoms with Gasteiger partial charge in [0.2, 0.25) is 0 Å². The normalized spacial score (nSPS) is 11.5. The quantitative estimate of drug-likeness (QED) is 0.579. The molecule has 4 N–H and O–H groups in total. The molecule has 0 aliphatic heterocycles. The van der Waals surface area contributed by atoms with Crippen LogP contribution in [0, 0.1) is 16.7 Å². The van der Waals surface area contributed by atoms with E-state index in [1.807, 2.05) is 13.8 Å². The molecule has 1 unspecified atom stereocenters. The summed E-state index contributed by atoms with van der Waals surface area (Å²) in [5, 5.41) is 20.7. The summed E-state index contributed by atoms with van der Waals surface area (Å²) < 4.78 is 6.23. The average molecular weight is 438 g/mol. The highest BCUT2D eigenvalue weighted by molar-refractivity contribution is 9.10. The molecule has 26 heavy (non-hydrogen) atoms. The molecule has 0 radical (unpaired) electrons. The van der Waals surface area contributed by atoms with Crippen molar-refractivity contribution in [3.05, 3.63) is 38.6 Å². The number of nitrogens with zero attached hydrogens (tertiary/aromatic N) is 3. The zero-order valence-electron chi connectivity index (χ0n) is 14.5. The zero-order chi connectivity index (χ0) is 19.4. The van der Waals surface area contributed by atoms with Crippen molar-refractivity contribution >= 4 is 44.9 Å². The number of ether oxygens (including phenoxy) is 1. The molecule has 0 saturated heterocycles. The van der Waals surface area contributed by atoms with Crippen LogP contribution in [0.1, 0.15) is 43.5 Å². The molecule has 1 heterocycles. The first-order valence-electron chi connectivity index (χ1n) is 7.79. The molecule has 1 atom stereocenters. The molecule has 7 nitrogen and oxygen atoms in total. The maximum absolute atomic E-state index is 9.29. The van der Waals surface area contributed by atoms with Crippen molar-refractivity contribution in [2.24, 2.45) is 0 Å². The number of hydrogen-bond acceptors (Lipinski definition) is 7. The molecule has 0 amide bonds. The molecule has 2 rings (SSSR count). The van der Waals surface area contributed by atoms with E-state index in [4.69, 9.17) is 27.5 Å². The zero-order valence-corrected chi connectivity index (χ0v) is 16.9. The van der Waals surface area contributed by atoms with Gasteiger partial charge in [-0.1, -0.05) is 11.6 Å². The van der Waals surface area contributed by atoms with E-state index in [1.54, 1.807) is 13.0 Å². The minimum Gasteiger partial charge on any atom is -0.492 e. The third-order valence-electron chi connectivity index (χ3n) is 3.67. The van der Waals surface area contributed by atoms with Crippen LogP contribution in [0.2, 0.25) is 5.02 Å². The van der Waals surface area contributed by atoms with Crippen LogP contribution in [0.15, 0.2) is 16.9 Å². The number of nitrogens with one attached hydrogen (secondary N) is 2.